The molecular formula is C16H20BrN3. The standard InChI is InChI=1S/C16H20BrN3/c1-19-6-4-18-9-15(19)14-10-20-5-2-3-11-7-12(17)8-13(14)16(11)20/h7-8,10,15,18H,2-6,9H2,1H3. The molecule has 1 aromatic carbocycles. The van der Waals surface area contributed by atoms with Crippen molar-refractivity contribution in [3.8, 4) is 0 Å². The van der Waals surface area contributed by atoms with Gasteiger partial charge in [-0.3, -0.25) is 4.90 Å². The fraction of sp³-hybridized carbons (Fsp3) is 0.500. The highest BCUT2D eigenvalue weighted by Crippen LogP contribution is 2.36. The van der Waals surface area contributed by atoms with E-state index in [0.29, 0.717) is 6.04 Å². The highest BCUT2D eigenvalue weighted by atomic mass is 79.9. The number of likely N-dealkylation sites (N-methyl/N-ethyl adjacent to an activating group) is 1. The number of benzene rings is 1. The molecule has 3 nitrogen and oxygen atoms in total. The van der Waals surface area contributed by atoms with Gasteiger partial charge in [-0.25, -0.2) is 0 Å². The predicted molar refractivity (Wildman–Crippen MR) is 86.2 cm³/mol. The van der Waals surface area contributed by atoms with Gasteiger partial charge in [-0.2, -0.15) is 0 Å². The Balaban J connectivity index is 1.92. The van der Waals surface area contributed by atoms with Crippen LogP contribution in [0.15, 0.2) is 22.8 Å². The number of halogens is 1. The van der Waals surface area contributed by atoms with E-state index in [0.717, 1.165) is 26.2 Å². The van der Waals surface area contributed by atoms with Crippen molar-refractivity contribution in [3.05, 3.63) is 33.9 Å². The molecule has 0 saturated carbocycles. The fourth-order valence-electron chi connectivity index (χ4n) is 3.74. The molecule has 3 heterocycles. The van der Waals surface area contributed by atoms with Crippen molar-refractivity contribution in [2.24, 2.45) is 0 Å². The third kappa shape index (κ3) is 1.93. The first-order chi connectivity index (χ1) is 9.74. The number of aromatic nitrogens is 1. The van der Waals surface area contributed by atoms with E-state index in [-0.39, 0.29) is 0 Å². The summed E-state index contributed by atoms with van der Waals surface area (Å²) in [5, 5.41) is 4.98. The van der Waals surface area contributed by atoms with Gasteiger partial charge < -0.3 is 9.88 Å². The summed E-state index contributed by atoms with van der Waals surface area (Å²) in [5.74, 6) is 0. The second-order valence-electron chi connectivity index (χ2n) is 6.04. The van der Waals surface area contributed by atoms with Crippen LogP contribution >= 0.6 is 15.9 Å². The van der Waals surface area contributed by atoms with Crippen molar-refractivity contribution in [1.82, 2.24) is 14.8 Å². The molecule has 0 bridgehead atoms. The first kappa shape index (κ1) is 12.9. The summed E-state index contributed by atoms with van der Waals surface area (Å²) < 4.78 is 3.69. The van der Waals surface area contributed by atoms with Gasteiger partial charge in [0.15, 0.2) is 0 Å². The third-order valence-corrected chi connectivity index (χ3v) is 5.22. The normalized spacial score (nSPS) is 23.4. The summed E-state index contributed by atoms with van der Waals surface area (Å²) in [5.41, 5.74) is 4.45. The number of piperazine rings is 1. The van der Waals surface area contributed by atoms with Gasteiger partial charge in [0, 0.05) is 48.3 Å². The van der Waals surface area contributed by atoms with Crippen LogP contribution in [-0.4, -0.2) is 36.1 Å². The molecule has 1 unspecified atom stereocenters. The van der Waals surface area contributed by atoms with Gasteiger partial charge in [0.05, 0.1) is 5.52 Å². The van der Waals surface area contributed by atoms with Crippen LogP contribution in [0.1, 0.15) is 23.6 Å². The second kappa shape index (κ2) is 4.86. The highest BCUT2D eigenvalue weighted by Gasteiger charge is 2.26. The lowest BCUT2D eigenvalue weighted by Crippen LogP contribution is -2.43. The first-order valence-corrected chi connectivity index (χ1v) is 8.25. The zero-order valence-electron chi connectivity index (χ0n) is 11.8. The highest BCUT2D eigenvalue weighted by molar-refractivity contribution is 9.10. The molecule has 1 atom stereocenters. The molecule has 0 aliphatic carbocycles. The topological polar surface area (TPSA) is 20.2 Å². The minimum Gasteiger partial charge on any atom is -0.347 e. The van der Waals surface area contributed by atoms with Gasteiger partial charge in [-0.1, -0.05) is 15.9 Å². The van der Waals surface area contributed by atoms with Gasteiger partial charge in [0.1, 0.15) is 0 Å². The minimum absolute atomic E-state index is 0.493. The summed E-state index contributed by atoms with van der Waals surface area (Å²) in [6, 6.07) is 5.09. The lowest BCUT2D eigenvalue weighted by atomic mass is 9.99. The number of rotatable bonds is 1. The zero-order chi connectivity index (χ0) is 13.7. The van der Waals surface area contributed by atoms with Gasteiger partial charge in [0.2, 0.25) is 0 Å². The van der Waals surface area contributed by atoms with Crippen LogP contribution in [0.5, 0.6) is 0 Å². The lowest BCUT2D eigenvalue weighted by molar-refractivity contribution is 0.203. The Bertz CT molecular complexity index is 661. The summed E-state index contributed by atoms with van der Waals surface area (Å²) in [6.07, 6.45) is 4.86. The quantitative estimate of drug-likeness (QED) is 0.865. The summed E-state index contributed by atoms with van der Waals surface area (Å²) in [4.78, 5) is 2.48. The third-order valence-electron chi connectivity index (χ3n) is 4.76. The van der Waals surface area contributed by atoms with E-state index >= 15 is 0 Å². The maximum absolute atomic E-state index is 3.69. The summed E-state index contributed by atoms with van der Waals surface area (Å²) >= 11 is 3.69. The van der Waals surface area contributed by atoms with Crippen LogP contribution in [0.3, 0.4) is 0 Å². The maximum Gasteiger partial charge on any atom is 0.0517 e. The van der Waals surface area contributed by atoms with Crippen molar-refractivity contribution in [3.63, 3.8) is 0 Å². The first-order valence-electron chi connectivity index (χ1n) is 7.46. The Morgan fingerprint density at radius 2 is 2.20 bits per heavy atom. The second-order valence-corrected chi connectivity index (χ2v) is 6.96. The van der Waals surface area contributed by atoms with E-state index in [1.54, 1.807) is 0 Å². The number of nitrogens with zero attached hydrogens (tertiary/aromatic N) is 2. The molecule has 0 amide bonds. The average molecular weight is 334 g/mol. The molecule has 0 radical (unpaired) electrons. The molecule has 1 N–H and O–H groups in total. The number of hydrogen-bond donors (Lipinski definition) is 1. The molecule has 2 aromatic rings. The Morgan fingerprint density at radius 3 is 3.05 bits per heavy atom. The number of hydrogen-bond acceptors (Lipinski definition) is 2. The largest absolute Gasteiger partial charge is 0.347 e. The minimum atomic E-state index is 0.493. The van der Waals surface area contributed by atoms with E-state index in [2.05, 4.69) is 56.1 Å². The molecule has 2 aliphatic heterocycles. The number of nitrogens with one attached hydrogen (secondary N) is 1. The van der Waals surface area contributed by atoms with Crippen LogP contribution in [0.25, 0.3) is 10.9 Å². The molecule has 20 heavy (non-hydrogen) atoms. The van der Waals surface area contributed by atoms with E-state index in [1.165, 1.54) is 39.3 Å². The van der Waals surface area contributed by atoms with Crippen LogP contribution in [0, 0.1) is 0 Å². The van der Waals surface area contributed by atoms with Gasteiger partial charge in [-0.05, 0) is 43.1 Å². The molecular weight excluding hydrogens is 314 g/mol. The Morgan fingerprint density at radius 1 is 1.30 bits per heavy atom. The van der Waals surface area contributed by atoms with Gasteiger partial charge in [0.25, 0.3) is 0 Å². The molecule has 106 valence electrons. The van der Waals surface area contributed by atoms with Crippen molar-refractivity contribution >= 4 is 26.8 Å². The molecule has 2 aliphatic rings. The Labute approximate surface area is 128 Å². The average Bonchev–Trinajstić information content (AvgIpc) is 2.79. The fourth-order valence-corrected chi connectivity index (χ4v) is 4.25. The van der Waals surface area contributed by atoms with Crippen molar-refractivity contribution < 1.29 is 0 Å². The van der Waals surface area contributed by atoms with Crippen LogP contribution < -0.4 is 5.32 Å². The smallest absolute Gasteiger partial charge is 0.0517 e. The van der Waals surface area contributed by atoms with E-state index in [9.17, 15) is 0 Å². The van der Waals surface area contributed by atoms with Gasteiger partial charge in [-0.15, -0.1) is 0 Å². The molecule has 4 heteroatoms. The van der Waals surface area contributed by atoms with Crippen LogP contribution in [-0.2, 0) is 13.0 Å². The Kier molecular flexibility index (Phi) is 3.13. The van der Waals surface area contributed by atoms with E-state index in [4.69, 9.17) is 0 Å². The maximum atomic E-state index is 3.69. The van der Waals surface area contributed by atoms with Crippen molar-refractivity contribution in [2.75, 3.05) is 26.7 Å². The van der Waals surface area contributed by atoms with Gasteiger partial charge >= 0.3 is 0 Å². The predicted octanol–water partition coefficient (Wildman–Crippen LogP) is 2.93. The lowest BCUT2D eigenvalue weighted by Gasteiger charge is -2.33. The Hall–Kier alpha value is -0.840. The molecule has 1 saturated heterocycles. The monoisotopic (exact) mass is 333 g/mol. The molecule has 0 spiro atoms. The van der Waals surface area contributed by atoms with Crippen LogP contribution in [0.4, 0.5) is 0 Å². The summed E-state index contributed by atoms with van der Waals surface area (Å²) in [6.45, 7) is 4.44. The SMILES string of the molecule is CN1CCNCC1c1cn2c3c(cc(Br)cc13)CCC2. The number of aryl methyl sites for hydroxylation is 2. The molecule has 1 fully saturated rings. The zero-order valence-corrected chi connectivity index (χ0v) is 13.4. The molecule has 4 rings (SSSR count). The van der Waals surface area contributed by atoms with Crippen LogP contribution in [0.2, 0.25) is 0 Å². The summed E-state index contributed by atoms with van der Waals surface area (Å²) in [7, 11) is 2.24. The van der Waals surface area contributed by atoms with E-state index < -0.39 is 0 Å². The van der Waals surface area contributed by atoms with Crippen molar-refractivity contribution in [1.29, 1.82) is 0 Å². The van der Waals surface area contributed by atoms with Crippen molar-refractivity contribution in [2.45, 2.75) is 25.4 Å². The molecule has 1 aromatic heterocycles. The van der Waals surface area contributed by atoms with E-state index in [1.807, 2.05) is 0 Å².